The van der Waals surface area contributed by atoms with E-state index < -0.39 is 0 Å². The van der Waals surface area contributed by atoms with E-state index in [1.54, 1.807) is 0 Å². The first kappa shape index (κ1) is 18.6. The lowest BCUT2D eigenvalue weighted by atomic mass is 10.3. The van der Waals surface area contributed by atoms with E-state index >= 15 is 0 Å². The first-order chi connectivity index (χ1) is 12.2. The maximum absolute atomic E-state index is 9.02. The van der Waals surface area contributed by atoms with Crippen LogP contribution in [0.25, 0.3) is 0 Å². The molecule has 2 saturated heterocycles. The van der Waals surface area contributed by atoms with Gasteiger partial charge in [-0.2, -0.15) is 0 Å². The summed E-state index contributed by atoms with van der Waals surface area (Å²) in [5, 5.41) is 17.9. The van der Waals surface area contributed by atoms with Gasteiger partial charge in [-0.1, -0.05) is 22.5 Å². The summed E-state index contributed by atoms with van der Waals surface area (Å²) in [4.78, 5) is 9.23. The largest absolute Gasteiger partial charge is 0.395 e. The molecule has 8 heteroatoms. The molecule has 1 aromatic heterocycles. The molecule has 0 saturated carbocycles. The normalized spacial score (nSPS) is 20.1. The minimum Gasteiger partial charge on any atom is -0.395 e. The Morgan fingerprint density at radius 2 is 1.40 bits per heavy atom. The number of aliphatic hydroxyl groups excluding tert-OH is 1. The van der Waals surface area contributed by atoms with Gasteiger partial charge in [-0.3, -0.25) is 9.80 Å². The SMILES string of the molecule is C=C(Br)CN1CCN(c2ccc(N3CCN(CCO)CC3)nn2)CC1. The molecular weight excluding hydrogens is 384 g/mol. The van der Waals surface area contributed by atoms with E-state index in [0.717, 1.165) is 81.6 Å². The van der Waals surface area contributed by atoms with Gasteiger partial charge in [0.05, 0.1) is 6.61 Å². The highest BCUT2D eigenvalue weighted by molar-refractivity contribution is 9.11. The molecule has 0 aromatic carbocycles. The first-order valence-electron chi connectivity index (χ1n) is 8.88. The van der Waals surface area contributed by atoms with Crippen molar-refractivity contribution in [1.82, 2.24) is 20.0 Å². The highest BCUT2D eigenvalue weighted by Crippen LogP contribution is 2.18. The Bertz CT molecular complexity index is 553. The lowest BCUT2D eigenvalue weighted by Gasteiger charge is -2.36. The van der Waals surface area contributed by atoms with Crippen LogP contribution in [0.3, 0.4) is 0 Å². The number of nitrogens with zero attached hydrogens (tertiary/aromatic N) is 6. The number of hydrogen-bond donors (Lipinski definition) is 1. The monoisotopic (exact) mass is 410 g/mol. The zero-order valence-electron chi connectivity index (χ0n) is 14.6. The van der Waals surface area contributed by atoms with E-state index in [2.05, 4.69) is 64.4 Å². The van der Waals surface area contributed by atoms with Crippen molar-refractivity contribution in [3.05, 3.63) is 23.2 Å². The maximum atomic E-state index is 9.02. The standard InChI is InChI=1S/C17H27BrN6O/c1-15(18)14-22-6-10-24(11-7-22)17-3-2-16(19-20-17)23-8-4-21(5-9-23)12-13-25/h2-3,25H,1,4-14H2. The lowest BCUT2D eigenvalue weighted by Crippen LogP contribution is -2.48. The molecule has 0 radical (unpaired) electrons. The van der Waals surface area contributed by atoms with Gasteiger partial charge in [-0.25, -0.2) is 0 Å². The Balaban J connectivity index is 1.50. The Hall–Kier alpha value is -1.22. The summed E-state index contributed by atoms with van der Waals surface area (Å²) in [6, 6.07) is 4.16. The number of halogens is 1. The molecule has 138 valence electrons. The van der Waals surface area contributed by atoms with Gasteiger partial charge in [-0.05, 0) is 12.1 Å². The predicted octanol–water partition coefficient (Wildman–Crippen LogP) is 0.621. The number of hydrogen-bond acceptors (Lipinski definition) is 7. The topological polar surface area (TPSA) is 59.0 Å². The van der Waals surface area contributed by atoms with Gasteiger partial charge in [0.25, 0.3) is 0 Å². The molecule has 1 N–H and O–H groups in total. The van der Waals surface area contributed by atoms with Crippen LogP contribution in [0.1, 0.15) is 0 Å². The van der Waals surface area contributed by atoms with E-state index in [9.17, 15) is 0 Å². The minimum absolute atomic E-state index is 0.228. The number of aliphatic hydroxyl groups is 1. The average molecular weight is 411 g/mol. The van der Waals surface area contributed by atoms with Crippen LogP contribution < -0.4 is 9.80 Å². The lowest BCUT2D eigenvalue weighted by molar-refractivity contribution is 0.188. The summed E-state index contributed by atoms with van der Waals surface area (Å²) < 4.78 is 1.03. The van der Waals surface area contributed by atoms with Gasteiger partial charge in [0.1, 0.15) is 0 Å². The predicted molar refractivity (Wildman–Crippen MR) is 104 cm³/mol. The zero-order valence-corrected chi connectivity index (χ0v) is 16.2. The fraction of sp³-hybridized carbons (Fsp3) is 0.647. The third-order valence-corrected chi connectivity index (χ3v) is 5.09. The van der Waals surface area contributed by atoms with Crippen LogP contribution in [0.15, 0.2) is 23.2 Å². The van der Waals surface area contributed by atoms with Crippen LogP contribution in [-0.4, -0.2) is 97.2 Å². The molecule has 0 bridgehead atoms. The molecular formula is C17H27BrN6O. The zero-order chi connectivity index (χ0) is 17.6. The molecule has 3 rings (SSSR count). The second-order valence-corrected chi connectivity index (χ2v) is 7.70. The average Bonchev–Trinajstić information content (AvgIpc) is 2.63. The van der Waals surface area contributed by atoms with Crippen molar-refractivity contribution in [2.75, 3.05) is 81.9 Å². The van der Waals surface area contributed by atoms with E-state index in [4.69, 9.17) is 5.11 Å². The summed E-state index contributed by atoms with van der Waals surface area (Å²) in [7, 11) is 0. The molecule has 2 aliphatic rings. The Kier molecular flexibility index (Phi) is 6.63. The Morgan fingerprint density at radius 1 is 0.920 bits per heavy atom. The first-order valence-corrected chi connectivity index (χ1v) is 9.67. The molecule has 2 aliphatic heterocycles. The third kappa shape index (κ3) is 5.13. The quantitative estimate of drug-likeness (QED) is 0.737. The Morgan fingerprint density at radius 3 is 1.80 bits per heavy atom. The number of β-amino-alcohol motifs (C(OH)–C–C–N with tert-alkyl or cyclic N) is 1. The summed E-state index contributed by atoms with van der Waals surface area (Å²) in [5.74, 6) is 1.90. The van der Waals surface area contributed by atoms with Crippen molar-refractivity contribution in [2.24, 2.45) is 0 Å². The highest BCUT2D eigenvalue weighted by atomic mass is 79.9. The van der Waals surface area contributed by atoms with Gasteiger partial charge in [0.2, 0.25) is 0 Å². The molecule has 2 fully saturated rings. The molecule has 1 aromatic rings. The fourth-order valence-electron chi connectivity index (χ4n) is 3.38. The second-order valence-electron chi connectivity index (χ2n) is 6.58. The van der Waals surface area contributed by atoms with Crippen LogP contribution in [0.5, 0.6) is 0 Å². The van der Waals surface area contributed by atoms with Crippen molar-refractivity contribution >= 4 is 27.6 Å². The van der Waals surface area contributed by atoms with Gasteiger partial charge in [0, 0.05) is 69.9 Å². The van der Waals surface area contributed by atoms with Gasteiger partial charge >= 0.3 is 0 Å². The molecule has 0 amide bonds. The van der Waals surface area contributed by atoms with Crippen LogP contribution in [0, 0.1) is 0 Å². The second kappa shape index (κ2) is 8.93. The van der Waals surface area contributed by atoms with Crippen LogP contribution in [0.2, 0.25) is 0 Å². The number of aromatic nitrogens is 2. The molecule has 0 atom stereocenters. The van der Waals surface area contributed by atoms with Gasteiger partial charge in [-0.15, -0.1) is 10.2 Å². The minimum atomic E-state index is 0.228. The van der Waals surface area contributed by atoms with E-state index in [1.165, 1.54) is 0 Å². The summed E-state index contributed by atoms with van der Waals surface area (Å²) >= 11 is 3.44. The molecule has 0 unspecified atom stereocenters. The summed E-state index contributed by atoms with van der Waals surface area (Å²) in [5.41, 5.74) is 0. The van der Waals surface area contributed by atoms with E-state index in [0.29, 0.717) is 0 Å². The summed E-state index contributed by atoms with van der Waals surface area (Å²) in [6.07, 6.45) is 0. The number of piperazine rings is 2. The number of rotatable bonds is 6. The van der Waals surface area contributed by atoms with Crippen LogP contribution >= 0.6 is 15.9 Å². The molecule has 7 nitrogen and oxygen atoms in total. The van der Waals surface area contributed by atoms with Crippen molar-refractivity contribution in [2.45, 2.75) is 0 Å². The van der Waals surface area contributed by atoms with Crippen molar-refractivity contribution < 1.29 is 5.11 Å². The van der Waals surface area contributed by atoms with E-state index in [1.807, 2.05) is 0 Å². The van der Waals surface area contributed by atoms with Crippen molar-refractivity contribution in [3.8, 4) is 0 Å². The highest BCUT2D eigenvalue weighted by Gasteiger charge is 2.20. The molecule has 0 aliphatic carbocycles. The maximum Gasteiger partial charge on any atom is 0.151 e. The van der Waals surface area contributed by atoms with Gasteiger partial charge < -0.3 is 14.9 Å². The molecule has 3 heterocycles. The molecule has 25 heavy (non-hydrogen) atoms. The third-order valence-electron chi connectivity index (χ3n) is 4.84. The van der Waals surface area contributed by atoms with Gasteiger partial charge in [0.15, 0.2) is 11.6 Å². The fourth-order valence-corrected chi connectivity index (χ4v) is 3.73. The summed E-state index contributed by atoms with van der Waals surface area (Å²) in [6.45, 7) is 13.6. The smallest absolute Gasteiger partial charge is 0.151 e. The number of anilines is 2. The van der Waals surface area contributed by atoms with Crippen molar-refractivity contribution in [3.63, 3.8) is 0 Å². The van der Waals surface area contributed by atoms with Crippen LogP contribution in [-0.2, 0) is 0 Å². The Labute approximate surface area is 158 Å². The van der Waals surface area contributed by atoms with Crippen molar-refractivity contribution in [1.29, 1.82) is 0 Å². The van der Waals surface area contributed by atoms with E-state index in [-0.39, 0.29) is 6.61 Å². The van der Waals surface area contributed by atoms with Crippen LogP contribution in [0.4, 0.5) is 11.6 Å². The molecule has 0 spiro atoms.